The lowest BCUT2D eigenvalue weighted by Gasteiger charge is -2.36. The molecule has 0 spiro atoms. The molecule has 3 unspecified atom stereocenters. The van der Waals surface area contributed by atoms with Crippen LogP contribution in [0.4, 0.5) is 13.2 Å². The maximum Gasteiger partial charge on any atom is 0.414 e. The first-order valence-electron chi connectivity index (χ1n) is 6.96. The molecule has 0 aromatic carbocycles. The first-order valence-corrected chi connectivity index (χ1v) is 6.96. The second kappa shape index (κ2) is 5.89. The van der Waals surface area contributed by atoms with Gasteiger partial charge in [-0.1, -0.05) is 6.92 Å². The largest absolute Gasteiger partial charge is 0.414 e. The zero-order chi connectivity index (χ0) is 14.9. The topological polar surface area (TPSA) is 49.8 Å². The molecule has 0 saturated carbocycles. The lowest BCUT2D eigenvalue weighted by atomic mass is 9.90. The summed E-state index contributed by atoms with van der Waals surface area (Å²) < 4.78 is 42.7. The van der Waals surface area contributed by atoms with E-state index >= 15 is 0 Å². The Balaban J connectivity index is 1.86. The van der Waals surface area contributed by atoms with E-state index < -0.39 is 24.3 Å². The number of aliphatic hydroxyl groups excluding tert-OH is 1. The van der Waals surface area contributed by atoms with Gasteiger partial charge in [-0.25, -0.2) is 0 Å². The Kier molecular flexibility index (Phi) is 4.59. The van der Waals surface area contributed by atoms with Gasteiger partial charge in [0.2, 0.25) is 0 Å². The van der Waals surface area contributed by atoms with Gasteiger partial charge in [-0.05, 0) is 31.1 Å². The number of carbonyl (C=O) groups excluding carboxylic acids is 1. The number of likely N-dealkylation sites (tertiary alicyclic amines) is 1. The summed E-state index contributed by atoms with van der Waals surface area (Å²) >= 11 is 0. The van der Waals surface area contributed by atoms with E-state index in [0.717, 1.165) is 6.42 Å². The van der Waals surface area contributed by atoms with E-state index in [2.05, 4.69) is 0 Å². The van der Waals surface area contributed by atoms with Crippen LogP contribution in [0.3, 0.4) is 0 Å². The minimum Gasteiger partial charge on any atom is -0.383 e. The van der Waals surface area contributed by atoms with Crippen LogP contribution in [-0.4, -0.2) is 54.0 Å². The van der Waals surface area contributed by atoms with Gasteiger partial charge in [0.25, 0.3) is 5.91 Å². The van der Waals surface area contributed by atoms with Gasteiger partial charge < -0.3 is 14.7 Å². The molecule has 1 amide bonds. The molecule has 3 atom stereocenters. The molecule has 20 heavy (non-hydrogen) atoms. The predicted molar refractivity (Wildman–Crippen MR) is 64.9 cm³/mol. The van der Waals surface area contributed by atoms with Gasteiger partial charge in [0.15, 0.2) is 6.10 Å². The van der Waals surface area contributed by atoms with E-state index in [1.54, 1.807) is 4.90 Å². The van der Waals surface area contributed by atoms with Crippen LogP contribution in [0.15, 0.2) is 0 Å². The lowest BCUT2D eigenvalue weighted by molar-refractivity contribution is -0.223. The minimum absolute atomic E-state index is 0.130. The molecule has 4 nitrogen and oxygen atoms in total. The molecule has 1 N–H and O–H groups in total. The summed E-state index contributed by atoms with van der Waals surface area (Å²) in [5.74, 6) is -0.795. The van der Waals surface area contributed by atoms with Crippen molar-refractivity contribution in [1.29, 1.82) is 0 Å². The highest BCUT2D eigenvalue weighted by atomic mass is 19.4. The molecule has 2 saturated heterocycles. The summed E-state index contributed by atoms with van der Waals surface area (Å²) in [6.07, 6.45) is -6.15. The SMILES string of the molecule is CC1CCOC1C(=O)N1CCC(C(O)C(F)(F)F)CC1. The number of hydrogen-bond acceptors (Lipinski definition) is 3. The van der Waals surface area contributed by atoms with Crippen molar-refractivity contribution >= 4 is 5.91 Å². The zero-order valence-corrected chi connectivity index (χ0v) is 11.4. The average molecular weight is 295 g/mol. The fourth-order valence-electron chi connectivity index (χ4n) is 2.89. The van der Waals surface area contributed by atoms with Crippen LogP contribution < -0.4 is 0 Å². The molecule has 116 valence electrons. The van der Waals surface area contributed by atoms with Gasteiger partial charge >= 0.3 is 6.18 Å². The first kappa shape index (κ1) is 15.6. The third-order valence-corrected chi connectivity index (χ3v) is 4.26. The highest BCUT2D eigenvalue weighted by Gasteiger charge is 2.45. The Hall–Kier alpha value is -0.820. The van der Waals surface area contributed by atoms with Crippen LogP contribution in [0.2, 0.25) is 0 Å². The summed E-state index contributed by atoms with van der Waals surface area (Å²) in [6.45, 7) is 3.00. The van der Waals surface area contributed by atoms with Crippen LogP contribution >= 0.6 is 0 Å². The lowest BCUT2D eigenvalue weighted by Crippen LogP contribution is -2.48. The Morgan fingerprint density at radius 2 is 1.90 bits per heavy atom. The van der Waals surface area contributed by atoms with Crippen molar-refractivity contribution in [3.8, 4) is 0 Å². The molecule has 0 bridgehead atoms. The number of rotatable bonds is 2. The maximum atomic E-state index is 12.4. The summed E-state index contributed by atoms with van der Waals surface area (Å²) in [7, 11) is 0. The second-order valence-electron chi connectivity index (χ2n) is 5.71. The minimum atomic E-state index is -4.58. The zero-order valence-electron chi connectivity index (χ0n) is 11.4. The number of halogens is 3. The fourth-order valence-corrected chi connectivity index (χ4v) is 2.89. The Bertz CT molecular complexity index is 353. The molecule has 0 radical (unpaired) electrons. The van der Waals surface area contributed by atoms with E-state index in [9.17, 15) is 23.1 Å². The van der Waals surface area contributed by atoms with Crippen LogP contribution in [-0.2, 0) is 9.53 Å². The number of alkyl halides is 3. The van der Waals surface area contributed by atoms with Crippen LogP contribution in [0.1, 0.15) is 26.2 Å². The van der Waals surface area contributed by atoms with E-state index in [1.165, 1.54) is 0 Å². The molecule has 2 fully saturated rings. The van der Waals surface area contributed by atoms with Crippen molar-refractivity contribution in [2.45, 2.75) is 44.6 Å². The quantitative estimate of drug-likeness (QED) is 0.841. The molecule has 2 heterocycles. The molecule has 0 aromatic rings. The number of ether oxygens (including phenoxy) is 1. The molecule has 2 aliphatic heterocycles. The summed E-state index contributed by atoms with van der Waals surface area (Å²) in [5, 5.41) is 9.24. The fraction of sp³-hybridized carbons (Fsp3) is 0.923. The highest BCUT2D eigenvalue weighted by molar-refractivity contribution is 5.81. The smallest absolute Gasteiger partial charge is 0.383 e. The number of nitrogens with zero attached hydrogens (tertiary/aromatic N) is 1. The predicted octanol–water partition coefficient (Wildman–Crippen LogP) is 1.57. The number of carbonyl (C=O) groups is 1. The Morgan fingerprint density at radius 1 is 1.30 bits per heavy atom. The van der Waals surface area contributed by atoms with Crippen LogP contribution in [0.25, 0.3) is 0 Å². The van der Waals surface area contributed by atoms with E-state index in [0.29, 0.717) is 6.61 Å². The van der Waals surface area contributed by atoms with Crippen molar-refractivity contribution < 1.29 is 27.8 Å². The van der Waals surface area contributed by atoms with E-state index in [4.69, 9.17) is 4.74 Å². The third-order valence-electron chi connectivity index (χ3n) is 4.26. The first-order chi connectivity index (χ1) is 9.30. The number of hydrogen-bond donors (Lipinski definition) is 1. The van der Waals surface area contributed by atoms with E-state index in [1.807, 2.05) is 6.92 Å². The number of aliphatic hydroxyl groups is 1. The van der Waals surface area contributed by atoms with Crippen molar-refractivity contribution in [3.63, 3.8) is 0 Å². The van der Waals surface area contributed by atoms with Gasteiger partial charge in [-0.15, -0.1) is 0 Å². The molecule has 0 aliphatic carbocycles. The third kappa shape index (κ3) is 3.25. The van der Waals surface area contributed by atoms with Crippen molar-refractivity contribution in [3.05, 3.63) is 0 Å². The van der Waals surface area contributed by atoms with Crippen molar-refractivity contribution in [2.24, 2.45) is 11.8 Å². The Morgan fingerprint density at radius 3 is 2.35 bits per heavy atom. The molecule has 2 aliphatic rings. The van der Waals surface area contributed by atoms with Gasteiger partial charge in [0.1, 0.15) is 6.10 Å². The van der Waals surface area contributed by atoms with Crippen LogP contribution in [0, 0.1) is 11.8 Å². The molecule has 7 heteroatoms. The second-order valence-corrected chi connectivity index (χ2v) is 5.71. The summed E-state index contributed by atoms with van der Waals surface area (Å²) in [4.78, 5) is 13.8. The number of amides is 1. The standard InChI is InChI=1S/C13H20F3NO3/c1-8-4-7-20-10(8)12(19)17-5-2-9(3-6-17)11(18)13(14,15)16/h8-11,18H,2-7H2,1H3. The van der Waals surface area contributed by atoms with E-state index in [-0.39, 0.29) is 37.8 Å². The van der Waals surface area contributed by atoms with Crippen molar-refractivity contribution in [1.82, 2.24) is 4.90 Å². The Labute approximate surface area is 115 Å². The monoisotopic (exact) mass is 295 g/mol. The van der Waals surface area contributed by atoms with Gasteiger partial charge in [-0.2, -0.15) is 13.2 Å². The summed E-state index contributed by atoms with van der Waals surface area (Å²) in [6, 6.07) is 0. The van der Waals surface area contributed by atoms with Gasteiger partial charge in [-0.3, -0.25) is 4.79 Å². The molecule has 2 rings (SSSR count). The van der Waals surface area contributed by atoms with Crippen molar-refractivity contribution in [2.75, 3.05) is 19.7 Å². The van der Waals surface area contributed by atoms with Gasteiger partial charge in [0, 0.05) is 19.7 Å². The molecular weight excluding hydrogens is 275 g/mol. The van der Waals surface area contributed by atoms with Gasteiger partial charge in [0.05, 0.1) is 0 Å². The molecular formula is C13H20F3NO3. The highest BCUT2D eigenvalue weighted by Crippen LogP contribution is 2.32. The van der Waals surface area contributed by atoms with Crippen LogP contribution in [0.5, 0.6) is 0 Å². The maximum absolute atomic E-state index is 12.4. The summed E-state index contributed by atoms with van der Waals surface area (Å²) in [5.41, 5.74) is 0. The molecule has 0 aromatic heterocycles. The number of piperidine rings is 1. The normalized spacial score (nSPS) is 30.6. The average Bonchev–Trinajstić information content (AvgIpc) is 2.82.